The van der Waals surface area contributed by atoms with Gasteiger partial charge in [0.15, 0.2) is 0 Å². The maximum absolute atomic E-state index is 12.5. The van der Waals surface area contributed by atoms with Gasteiger partial charge in [-0.2, -0.15) is 5.10 Å². The van der Waals surface area contributed by atoms with E-state index >= 15 is 0 Å². The van der Waals surface area contributed by atoms with Crippen molar-refractivity contribution in [3.63, 3.8) is 0 Å². The predicted molar refractivity (Wildman–Crippen MR) is 111 cm³/mol. The number of phenolic OH excluding ortho intramolecular Hbond substituents is 1. The normalized spacial score (nSPS) is 14.9. The van der Waals surface area contributed by atoms with E-state index in [0.29, 0.717) is 13.1 Å². The average molecular weight is 398 g/mol. The number of nitrogens with one attached hydrogen (secondary N) is 1. The Bertz CT molecular complexity index is 899. The van der Waals surface area contributed by atoms with E-state index in [1.54, 1.807) is 29.7 Å². The van der Waals surface area contributed by atoms with Crippen LogP contribution in [0.1, 0.15) is 4.88 Å². The predicted octanol–water partition coefficient (Wildman–Crippen LogP) is 2.46. The summed E-state index contributed by atoms with van der Waals surface area (Å²) >= 11 is 1.68. The van der Waals surface area contributed by atoms with Crippen molar-refractivity contribution in [2.24, 2.45) is 0 Å². The number of carbonyl (C=O) groups is 1. The number of aromatic hydroxyl groups is 1. The van der Waals surface area contributed by atoms with Gasteiger partial charge in [-0.25, -0.2) is 4.68 Å². The summed E-state index contributed by atoms with van der Waals surface area (Å²) in [6.45, 7) is 4.38. The van der Waals surface area contributed by atoms with Crippen LogP contribution in [0.4, 0.5) is 11.5 Å². The second kappa shape index (κ2) is 8.45. The molecule has 0 aliphatic carbocycles. The van der Waals surface area contributed by atoms with Crippen molar-refractivity contribution >= 4 is 28.7 Å². The van der Waals surface area contributed by atoms with Crippen LogP contribution in [0.25, 0.3) is 0 Å². The van der Waals surface area contributed by atoms with Gasteiger partial charge in [0.25, 0.3) is 0 Å². The van der Waals surface area contributed by atoms with Crippen LogP contribution in [-0.2, 0) is 11.3 Å². The minimum absolute atomic E-state index is 0.0222. The van der Waals surface area contributed by atoms with Gasteiger partial charge < -0.3 is 15.3 Å². The van der Waals surface area contributed by atoms with Crippen molar-refractivity contribution in [2.45, 2.75) is 6.54 Å². The first-order valence-corrected chi connectivity index (χ1v) is 10.2. The first-order valence-electron chi connectivity index (χ1n) is 9.28. The molecular formula is C20H23N5O2S. The third kappa shape index (κ3) is 4.52. The SMILES string of the molecule is O=C(CN1CCN(c2ccc(O)cc2)CC1)Nc1ccnn1Cc1cccs1. The van der Waals surface area contributed by atoms with Crippen LogP contribution in [0, 0.1) is 0 Å². The Kier molecular flexibility index (Phi) is 5.59. The van der Waals surface area contributed by atoms with Gasteiger partial charge in [-0.1, -0.05) is 6.07 Å². The van der Waals surface area contributed by atoms with E-state index in [0.717, 1.165) is 37.7 Å². The fourth-order valence-corrected chi connectivity index (χ4v) is 4.01. The highest BCUT2D eigenvalue weighted by atomic mass is 32.1. The van der Waals surface area contributed by atoms with Crippen molar-refractivity contribution in [2.75, 3.05) is 42.9 Å². The molecule has 1 aromatic carbocycles. The summed E-state index contributed by atoms with van der Waals surface area (Å²) in [6.07, 6.45) is 1.71. The van der Waals surface area contributed by atoms with Crippen molar-refractivity contribution in [3.05, 3.63) is 58.9 Å². The van der Waals surface area contributed by atoms with E-state index in [2.05, 4.69) is 26.3 Å². The maximum atomic E-state index is 12.5. The van der Waals surface area contributed by atoms with Crippen molar-refractivity contribution in [1.29, 1.82) is 0 Å². The summed E-state index contributed by atoms with van der Waals surface area (Å²) in [5.41, 5.74) is 1.10. The molecule has 2 aromatic heterocycles. The Morgan fingerprint density at radius 2 is 1.89 bits per heavy atom. The Morgan fingerprint density at radius 1 is 1.11 bits per heavy atom. The van der Waals surface area contributed by atoms with E-state index in [4.69, 9.17) is 0 Å². The summed E-state index contributed by atoms with van der Waals surface area (Å²) in [5, 5.41) is 18.7. The minimum Gasteiger partial charge on any atom is -0.508 e. The standard InChI is InChI=1S/C20H23N5O2S/c26-17-5-3-16(4-6-17)24-11-9-23(10-12-24)15-20(27)22-19-7-8-21-25(19)14-18-2-1-13-28-18/h1-8,13,26H,9-12,14-15H2,(H,22,27). The number of aromatic nitrogens is 2. The zero-order valence-electron chi connectivity index (χ0n) is 15.5. The van der Waals surface area contributed by atoms with E-state index in [1.807, 2.05) is 34.3 Å². The minimum atomic E-state index is -0.0222. The average Bonchev–Trinajstić information content (AvgIpc) is 3.36. The van der Waals surface area contributed by atoms with Gasteiger partial charge >= 0.3 is 0 Å². The van der Waals surface area contributed by atoms with Crippen LogP contribution >= 0.6 is 11.3 Å². The van der Waals surface area contributed by atoms with Crippen LogP contribution in [0.2, 0.25) is 0 Å². The lowest BCUT2D eigenvalue weighted by molar-refractivity contribution is -0.117. The summed E-state index contributed by atoms with van der Waals surface area (Å²) in [6, 6.07) is 13.2. The van der Waals surface area contributed by atoms with Crippen molar-refractivity contribution < 1.29 is 9.90 Å². The molecule has 0 unspecified atom stereocenters. The highest BCUT2D eigenvalue weighted by molar-refractivity contribution is 7.09. The van der Waals surface area contributed by atoms with E-state index in [1.165, 1.54) is 4.88 Å². The monoisotopic (exact) mass is 397 g/mol. The number of nitrogens with zero attached hydrogens (tertiary/aromatic N) is 4. The molecule has 28 heavy (non-hydrogen) atoms. The van der Waals surface area contributed by atoms with Gasteiger partial charge in [-0.15, -0.1) is 11.3 Å². The molecule has 0 bridgehead atoms. The lowest BCUT2D eigenvalue weighted by Gasteiger charge is -2.35. The highest BCUT2D eigenvalue weighted by Crippen LogP contribution is 2.20. The molecule has 146 valence electrons. The molecule has 8 heteroatoms. The molecule has 0 saturated carbocycles. The molecule has 1 amide bonds. The molecular weight excluding hydrogens is 374 g/mol. The molecule has 0 atom stereocenters. The van der Waals surface area contributed by atoms with Gasteiger partial charge in [-0.3, -0.25) is 9.69 Å². The molecule has 3 aromatic rings. The number of hydrogen-bond acceptors (Lipinski definition) is 6. The van der Waals surface area contributed by atoms with Gasteiger partial charge in [0.1, 0.15) is 11.6 Å². The molecule has 0 radical (unpaired) electrons. The molecule has 1 fully saturated rings. The lowest BCUT2D eigenvalue weighted by atomic mass is 10.2. The third-order valence-electron chi connectivity index (χ3n) is 4.82. The first kappa shape index (κ1) is 18.5. The van der Waals surface area contributed by atoms with E-state index in [9.17, 15) is 9.90 Å². The number of rotatable bonds is 6. The Labute approximate surface area is 167 Å². The topological polar surface area (TPSA) is 73.6 Å². The highest BCUT2D eigenvalue weighted by Gasteiger charge is 2.20. The zero-order valence-corrected chi connectivity index (χ0v) is 16.3. The van der Waals surface area contributed by atoms with E-state index in [-0.39, 0.29) is 11.7 Å². The number of piperazine rings is 1. The van der Waals surface area contributed by atoms with E-state index < -0.39 is 0 Å². The number of hydrogen-bond donors (Lipinski definition) is 2. The molecule has 1 aliphatic heterocycles. The number of carbonyl (C=O) groups excluding carboxylic acids is 1. The molecule has 2 N–H and O–H groups in total. The second-order valence-corrected chi connectivity index (χ2v) is 7.81. The number of thiophene rings is 1. The van der Waals surface area contributed by atoms with Gasteiger partial charge in [-0.05, 0) is 35.7 Å². The smallest absolute Gasteiger partial charge is 0.239 e. The number of benzene rings is 1. The fraction of sp³-hybridized carbons (Fsp3) is 0.300. The molecule has 1 aliphatic rings. The van der Waals surface area contributed by atoms with Crippen molar-refractivity contribution in [1.82, 2.24) is 14.7 Å². The zero-order chi connectivity index (χ0) is 19.3. The number of phenols is 1. The lowest BCUT2D eigenvalue weighted by Crippen LogP contribution is -2.48. The summed E-state index contributed by atoms with van der Waals surface area (Å²) < 4.78 is 1.81. The molecule has 3 heterocycles. The van der Waals surface area contributed by atoms with Gasteiger partial charge in [0.2, 0.25) is 5.91 Å². The summed E-state index contributed by atoms with van der Waals surface area (Å²) in [5.74, 6) is 0.976. The number of amides is 1. The second-order valence-electron chi connectivity index (χ2n) is 6.78. The molecule has 7 nitrogen and oxygen atoms in total. The fourth-order valence-electron chi connectivity index (χ4n) is 3.33. The quantitative estimate of drug-likeness (QED) is 0.668. The van der Waals surface area contributed by atoms with Gasteiger partial charge in [0, 0.05) is 42.8 Å². The maximum Gasteiger partial charge on any atom is 0.239 e. The largest absolute Gasteiger partial charge is 0.508 e. The third-order valence-corrected chi connectivity index (χ3v) is 5.69. The Balaban J connectivity index is 1.27. The Hall–Kier alpha value is -2.84. The van der Waals surface area contributed by atoms with Crippen LogP contribution in [-0.4, -0.2) is 58.4 Å². The number of anilines is 2. The van der Waals surface area contributed by atoms with Crippen LogP contribution in [0.5, 0.6) is 5.75 Å². The van der Waals surface area contributed by atoms with Crippen LogP contribution in [0.15, 0.2) is 54.0 Å². The van der Waals surface area contributed by atoms with Crippen LogP contribution in [0.3, 0.4) is 0 Å². The first-order chi connectivity index (χ1) is 13.7. The van der Waals surface area contributed by atoms with Gasteiger partial charge in [0.05, 0.1) is 19.3 Å². The summed E-state index contributed by atoms with van der Waals surface area (Å²) in [7, 11) is 0. The van der Waals surface area contributed by atoms with Crippen molar-refractivity contribution in [3.8, 4) is 5.75 Å². The molecule has 0 spiro atoms. The Morgan fingerprint density at radius 3 is 2.61 bits per heavy atom. The molecule has 1 saturated heterocycles. The molecule has 4 rings (SSSR count). The summed E-state index contributed by atoms with van der Waals surface area (Å²) in [4.78, 5) is 18.1. The van der Waals surface area contributed by atoms with Crippen LogP contribution < -0.4 is 10.2 Å².